The van der Waals surface area contributed by atoms with Crippen molar-refractivity contribution in [1.82, 2.24) is 4.72 Å². The maximum Gasteiger partial charge on any atom is 0.299 e. The van der Waals surface area contributed by atoms with Gasteiger partial charge in [-0.05, 0) is 31.4 Å². The largest absolute Gasteiger partial charge is 0.397 e. The minimum absolute atomic E-state index is 0.0859. The number of rotatable bonds is 4. The van der Waals surface area contributed by atoms with E-state index in [2.05, 4.69) is 9.44 Å². The molecule has 1 aromatic carbocycles. The molecule has 0 bridgehead atoms. The predicted octanol–water partition coefficient (Wildman–Crippen LogP) is 0.986. The zero-order chi connectivity index (χ0) is 11.8. The molecule has 0 saturated heterocycles. The number of nitrogens with one attached hydrogen (secondary N) is 2. The molecule has 1 aliphatic carbocycles. The molecule has 0 atom stereocenters. The van der Waals surface area contributed by atoms with Crippen molar-refractivity contribution in [3.8, 4) is 0 Å². The monoisotopic (exact) mass is 241 g/mol. The number of nitrogen functional groups attached to an aromatic ring is 1. The average Bonchev–Trinajstić information content (AvgIpc) is 2.95. The highest BCUT2D eigenvalue weighted by atomic mass is 32.2. The highest BCUT2D eigenvalue weighted by Gasteiger charge is 2.27. The van der Waals surface area contributed by atoms with E-state index < -0.39 is 10.2 Å². The minimum atomic E-state index is -3.50. The second-order valence-corrected chi connectivity index (χ2v) is 5.48. The van der Waals surface area contributed by atoms with Crippen LogP contribution >= 0.6 is 0 Å². The first-order chi connectivity index (χ1) is 7.48. The van der Waals surface area contributed by atoms with Gasteiger partial charge in [0.2, 0.25) is 0 Å². The number of para-hydroxylation sites is 1. The Kier molecular flexibility index (Phi) is 2.77. The van der Waals surface area contributed by atoms with Crippen molar-refractivity contribution >= 4 is 21.6 Å². The van der Waals surface area contributed by atoms with Crippen LogP contribution < -0.4 is 15.2 Å². The Morgan fingerprint density at radius 1 is 1.38 bits per heavy atom. The molecular weight excluding hydrogens is 226 g/mol. The molecule has 4 N–H and O–H groups in total. The Balaban J connectivity index is 2.19. The molecular formula is C10H15N3O2S. The first kappa shape index (κ1) is 11.2. The molecule has 0 radical (unpaired) electrons. The third-order valence-corrected chi connectivity index (χ3v) is 3.56. The molecule has 0 unspecified atom stereocenters. The Bertz CT molecular complexity index is 475. The Morgan fingerprint density at radius 2 is 2.06 bits per heavy atom. The van der Waals surface area contributed by atoms with Gasteiger partial charge in [-0.1, -0.05) is 12.1 Å². The van der Waals surface area contributed by atoms with Gasteiger partial charge < -0.3 is 5.73 Å². The van der Waals surface area contributed by atoms with E-state index in [1.165, 1.54) is 0 Å². The summed E-state index contributed by atoms with van der Waals surface area (Å²) in [6.45, 7) is 1.81. The van der Waals surface area contributed by atoms with Crippen molar-refractivity contribution in [2.45, 2.75) is 25.8 Å². The summed E-state index contributed by atoms with van der Waals surface area (Å²) < 4.78 is 28.4. The van der Waals surface area contributed by atoms with Crippen LogP contribution in [0.2, 0.25) is 0 Å². The van der Waals surface area contributed by atoms with Gasteiger partial charge in [-0.25, -0.2) is 0 Å². The van der Waals surface area contributed by atoms with Gasteiger partial charge in [0.1, 0.15) is 0 Å². The topological polar surface area (TPSA) is 84.2 Å². The lowest BCUT2D eigenvalue weighted by Crippen LogP contribution is -2.32. The highest BCUT2D eigenvalue weighted by molar-refractivity contribution is 7.90. The fraction of sp³-hybridized carbons (Fsp3) is 0.400. The summed E-state index contributed by atoms with van der Waals surface area (Å²) in [5, 5.41) is 0. The Morgan fingerprint density at radius 3 is 2.62 bits per heavy atom. The zero-order valence-electron chi connectivity index (χ0n) is 9.03. The molecule has 16 heavy (non-hydrogen) atoms. The molecule has 1 fully saturated rings. The number of hydrogen-bond donors (Lipinski definition) is 3. The molecule has 1 aliphatic rings. The van der Waals surface area contributed by atoms with Crippen LogP contribution in [0.1, 0.15) is 18.4 Å². The quantitative estimate of drug-likeness (QED) is 0.687. The van der Waals surface area contributed by atoms with E-state index in [1.807, 2.05) is 13.0 Å². The average molecular weight is 241 g/mol. The van der Waals surface area contributed by atoms with Gasteiger partial charge in [0.15, 0.2) is 0 Å². The number of benzene rings is 1. The van der Waals surface area contributed by atoms with Crippen molar-refractivity contribution in [2.75, 3.05) is 10.5 Å². The Labute approximate surface area is 95.2 Å². The molecule has 0 aromatic heterocycles. The second kappa shape index (κ2) is 3.95. The molecule has 1 aromatic rings. The summed E-state index contributed by atoms with van der Waals surface area (Å²) in [7, 11) is -3.50. The number of aryl methyl sites for hydroxylation is 1. The fourth-order valence-electron chi connectivity index (χ4n) is 1.41. The van der Waals surface area contributed by atoms with Gasteiger partial charge in [-0.15, -0.1) is 0 Å². The van der Waals surface area contributed by atoms with Crippen LogP contribution in [0.15, 0.2) is 18.2 Å². The lowest BCUT2D eigenvalue weighted by Gasteiger charge is -2.12. The molecule has 2 rings (SSSR count). The van der Waals surface area contributed by atoms with Crippen LogP contribution in [0.3, 0.4) is 0 Å². The molecule has 5 nitrogen and oxygen atoms in total. The van der Waals surface area contributed by atoms with Crippen LogP contribution in [0.25, 0.3) is 0 Å². The lowest BCUT2D eigenvalue weighted by atomic mass is 10.2. The van der Waals surface area contributed by atoms with E-state index in [-0.39, 0.29) is 6.04 Å². The molecule has 6 heteroatoms. The van der Waals surface area contributed by atoms with Gasteiger partial charge in [0.05, 0.1) is 11.4 Å². The third kappa shape index (κ3) is 2.65. The van der Waals surface area contributed by atoms with E-state index >= 15 is 0 Å². The summed E-state index contributed by atoms with van der Waals surface area (Å²) in [5.74, 6) is 0. The van der Waals surface area contributed by atoms with Crippen LogP contribution in [0.4, 0.5) is 11.4 Å². The summed E-state index contributed by atoms with van der Waals surface area (Å²) in [6.07, 6.45) is 1.81. The van der Waals surface area contributed by atoms with Gasteiger partial charge in [-0.2, -0.15) is 13.1 Å². The van der Waals surface area contributed by atoms with Crippen molar-refractivity contribution in [2.24, 2.45) is 0 Å². The minimum Gasteiger partial charge on any atom is -0.397 e. The summed E-state index contributed by atoms with van der Waals surface area (Å²) in [6, 6.07) is 5.35. The summed E-state index contributed by atoms with van der Waals surface area (Å²) in [5.41, 5.74) is 7.41. The number of nitrogens with two attached hydrogens (primary N) is 1. The van der Waals surface area contributed by atoms with Crippen LogP contribution in [-0.2, 0) is 10.2 Å². The second-order valence-electron chi connectivity index (χ2n) is 4.04. The normalized spacial score (nSPS) is 16.1. The van der Waals surface area contributed by atoms with Crippen molar-refractivity contribution in [1.29, 1.82) is 0 Å². The van der Waals surface area contributed by atoms with Crippen molar-refractivity contribution < 1.29 is 8.42 Å². The van der Waals surface area contributed by atoms with Crippen molar-refractivity contribution in [3.05, 3.63) is 23.8 Å². The summed E-state index contributed by atoms with van der Waals surface area (Å²) >= 11 is 0. The SMILES string of the molecule is Cc1cccc(N)c1NS(=O)(=O)NC1CC1. The van der Waals surface area contributed by atoms with Gasteiger partial charge in [0, 0.05) is 6.04 Å². The maximum atomic E-state index is 11.7. The number of anilines is 2. The first-order valence-corrected chi connectivity index (χ1v) is 6.61. The lowest BCUT2D eigenvalue weighted by molar-refractivity contribution is 0.586. The van der Waals surface area contributed by atoms with E-state index in [4.69, 9.17) is 5.73 Å². The molecule has 1 saturated carbocycles. The van der Waals surface area contributed by atoms with E-state index in [1.54, 1.807) is 12.1 Å². The Hall–Kier alpha value is -1.27. The molecule has 0 aliphatic heterocycles. The summed E-state index contributed by atoms with van der Waals surface area (Å²) in [4.78, 5) is 0. The third-order valence-electron chi connectivity index (χ3n) is 2.44. The van der Waals surface area contributed by atoms with E-state index in [9.17, 15) is 8.42 Å². The maximum absolute atomic E-state index is 11.7. The zero-order valence-corrected chi connectivity index (χ0v) is 9.84. The predicted molar refractivity (Wildman–Crippen MR) is 64.3 cm³/mol. The van der Waals surface area contributed by atoms with E-state index in [0.717, 1.165) is 18.4 Å². The standard InChI is InChI=1S/C10H15N3O2S/c1-7-3-2-4-9(11)10(7)13-16(14,15)12-8-5-6-8/h2-4,8,12-13H,5-6,11H2,1H3. The van der Waals surface area contributed by atoms with E-state index in [0.29, 0.717) is 11.4 Å². The van der Waals surface area contributed by atoms with Gasteiger partial charge >= 0.3 is 0 Å². The van der Waals surface area contributed by atoms with Crippen LogP contribution in [0.5, 0.6) is 0 Å². The van der Waals surface area contributed by atoms with Gasteiger partial charge in [-0.3, -0.25) is 4.72 Å². The van der Waals surface area contributed by atoms with Crippen molar-refractivity contribution in [3.63, 3.8) is 0 Å². The molecule has 0 spiro atoms. The highest BCUT2D eigenvalue weighted by Crippen LogP contribution is 2.25. The smallest absolute Gasteiger partial charge is 0.299 e. The number of hydrogen-bond acceptors (Lipinski definition) is 3. The molecule has 0 heterocycles. The van der Waals surface area contributed by atoms with Crippen LogP contribution in [-0.4, -0.2) is 14.5 Å². The van der Waals surface area contributed by atoms with Gasteiger partial charge in [0.25, 0.3) is 10.2 Å². The first-order valence-electron chi connectivity index (χ1n) is 5.13. The molecule has 0 amide bonds. The van der Waals surface area contributed by atoms with Crippen LogP contribution in [0, 0.1) is 6.92 Å². The fourth-order valence-corrected chi connectivity index (χ4v) is 2.70. The molecule has 88 valence electrons.